The number of aromatic amines is 1. The first-order valence-electron chi connectivity index (χ1n) is 7.62. The predicted octanol–water partition coefficient (Wildman–Crippen LogP) is 2.16. The Morgan fingerprint density at radius 3 is 2.71 bits per heavy atom. The number of halogens is 1. The molecular weight excluding hydrogens is 290 g/mol. The monoisotopic (exact) mass is 309 g/mol. The first-order chi connectivity index (χ1) is 10.1. The molecule has 21 heavy (non-hydrogen) atoms. The van der Waals surface area contributed by atoms with E-state index in [0.717, 1.165) is 50.6 Å². The summed E-state index contributed by atoms with van der Waals surface area (Å²) in [4.78, 5) is 31.3. The lowest BCUT2D eigenvalue weighted by Gasteiger charge is -2.37. The lowest BCUT2D eigenvalue weighted by atomic mass is 9.80. The van der Waals surface area contributed by atoms with Crippen LogP contribution >= 0.6 is 11.6 Å². The molecule has 2 fully saturated rings. The summed E-state index contributed by atoms with van der Waals surface area (Å²) in [6.07, 6.45) is 6.96. The number of carbonyl (C=O) groups excluding carboxylic acids is 1. The van der Waals surface area contributed by atoms with E-state index in [1.165, 1.54) is 0 Å². The molecule has 0 unspecified atom stereocenters. The highest BCUT2D eigenvalue weighted by Crippen LogP contribution is 2.40. The summed E-state index contributed by atoms with van der Waals surface area (Å²) in [6.45, 7) is 0. The predicted molar refractivity (Wildman–Crippen MR) is 80.5 cm³/mol. The van der Waals surface area contributed by atoms with Crippen LogP contribution in [-0.4, -0.2) is 21.8 Å². The first kappa shape index (κ1) is 14.6. The maximum atomic E-state index is 11.9. The third kappa shape index (κ3) is 3.12. The molecule has 5 nitrogen and oxygen atoms in total. The van der Waals surface area contributed by atoms with Gasteiger partial charge in [-0.2, -0.15) is 0 Å². The molecule has 0 aliphatic heterocycles. The number of rotatable bonds is 4. The van der Waals surface area contributed by atoms with E-state index in [9.17, 15) is 9.59 Å². The molecule has 0 atom stereocenters. The molecule has 2 aliphatic carbocycles. The number of hydrogen-bond donors (Lipinski definition) is 2. The topological polar surface area (TPSA) is 74.8 Å². The zero-order valence-electron chi connectivity index (χ0n) is 12.0. The van der Waals surface area contributed by atoms with Crippen molar-refractivity contribution in [2.75, 3.05) is 5.88 Å². The highest BCUT2D eigenvalue weighted by atomic mass is 35.5. The largest absolute Gasteiger partial charge is 0.342 e. The number of aromatic nitrogens is 2. The highest BCUT2D eigenvalue weighted by Gasteiger charge is 2.38. The second kappa shape index (κ2) is 5.79. The van der Waals surface area contributed by atoms with Gasteiger partial charge < -0.3 is 10.3 Å². The number of nitrogens with one attached hydrogen (secondary N) is 2. The molecule has 6 heteroatoms. The van der Waals surface area contributed by atoms with Crippen LogP contribution in [0, 0.1) is 0 Å². The van der Waals surface area contributed by atoms with E-state index >= 15 is 0 Å². The summed E-state index contributed by atoms with van der Waals surface area (Å²) >= 11 is 5.64. The van der Waals surface area contributed by atoms with E-state index in [0.29, 0.717) is 11.7 Å². The molecule has 0 radical (unpaired) electrons. The molecule has 0 aromatic carbocycles. The van der Waals surface area contributed by atoms with Crippen molar-refractivity contribution in [2.24, 2.45) is 0 Å². The minimum atomic E-state index is -0.561. The molecule has 1 aromatic heterocycles. The molecule has 1 aromatic rings. The fourth-order valence-electron chi connectivity index (χ4n) is 3.17. The number of H-pyrrole nitrogens is 1. The van der Waals surface area contributed by atoms with E-state index in [1.54, 1.807) is 6.07 Å². The van der Waals surface area contributed by atoms with Gasteiger partial charge in [0.1, 0.15) is 11.7 Å². The second-order valence-electron chi connectivity index (χ2n) is 6.12. The van der Waals surface area contributed by atoms with Gasteiger partial charge >= 0.3 is 0 Å². The van der Waals surface area contributed by atoms with Gasteiger partial charge in [0.15, 0.2) is 0 Å². The molecule has 2 N–H and O–H groups in total. The van der Waals surface area contributed by atoms with Crippen LogP contribution in [0.1, 0.15) is 62.4 Å². The average Bonchev–Trinajstić information content (AvgIpc) is 3.32. The average molecular weight is 310 g/mol. The molecule has 3 rings (SSSR count). The summed E-state index contributed by atoms with van der Waals surface area (Å²) in [5, 5.41) is 3.01. The van der Waals surface area contributed by atoms with E-state index in [-0.39, 0.29) is 17.3 Å². The summed E-state index contributed by atoms with van der Waals surface area (Å²) in [6, 6.07) is 1.58. The SMILES string of the molecule is O=C(CCl)NC1(c2nc(C3CC3)cc(=O)[nH]2)CCCCC1. The van der Waals surface area contributed by atoms with Crippen LogP contribution in [0.25, 0.3) is 0 Å². The maximum absolute atomic E-state index is 11.9. The number of carbonyl (C=O) groups is 1. The molecule has 2 aliphatic rings. The van der Waals surface area contributed by atoms with Crippen molar-refractivity contribution in [1.29, 1.82) is 0 Å². The summed E-state index contributed by atoms with van der Waals surface area (Å²) in [7, 11) is 0. The van der Waals surface area contributed by atoms with Crippen LogP contribution in [0.5, 0.6) is 0 Å². The van der Waals surface area contributed by atoms with Gasteiger partial charge in [0.2, 0.25) is 5.91 Å². The maximum Gasteiger partial charge on any atom is 0.251 e. The van der Waals surface area contributed by atoms with E-state index in [2.05, 4.69) is 15.3 Å². The minimum Gasteiger partial charge on any atom is -0.342 e. The van der Waals surface area contributed by atoms with Gasteiger partial charge in [-0.05, 0) is 25.7 Å². The van der Waals surface area contributed by atoms with Crippen LogP contribution in [0.4, 0.5) is 0 Å². The quantitative estimate of drug-likeness (QED) is 0.837. The number of hydrogen-bond acceptors (Lipinski definition) is 3. The van der Waals surface area contributed by atoms with Crippen LogP contribution < -0.4 is 10.9 Å². The lowest BCUT2D eigenvalue weighted by Crippen LogP contribution is -2.49. The number of alkyl halides is 1. The van der Waals surface area contributed by atoms with Gasteiger partial charge in [0.25, 0.3) is 5.56 Å². The Balaban J connectivity index is 1.98. The van der Waals surface area contributed by atoms with Gasteiger partial charge in [-0.25, -0.2) is 4.98 Å². The van der Waals surface area contributed by atoms with Gasteiger partial charge in [0, 0.05) is 12.0 Å². The third-order valence-electron chi connectivity index (χ3n) is 4.42. The normalized spacial score (nSPS) is 21.0. The van der Waals surface area contributed by atoms with E-state index < -0.39 is 5.54 Å². The molecule has 114 valence electrons. The van der Waals surface area contributed by atoms with Gasteiger partial charge in [-0.3, -0.25) is 9.59 Å². The molecule has 1 heterocycles. The molecule has 1 amide bonds. The summed E-state index contributed by atoms with van der Waals surface area (Å²) in [5.41, 5.74) is 0.166. The fourth-order valence-corrected chi connectivity index (χ4v) is 3.23. The summed E-state index contributed by atoms with van der Waals surface area (Å²) in [5.74, 6) is 0.734. The first-order valence-corrected chi connectivity index (χ1v) is 8.15. The van der Waals surface area contributed by atoms with Crippen molar-refractivity contribution >= 4 is 17.5 Å². The van der Waals surface area contributed by atoms with E-state index in [4.69, 9.17) is 11.6 Å². The Morgan fingerprint density at radius 2 is 2.10 bits per heavy atom. The van der Waals surface area contributed by atoms with Gasteiger partial charge in [-0.1, -0.05) is 19.3 Å². The Hall–Kier alpha value is -1.36. The Labute approximate surface area is 128 Å². The van der Waals surface area contributed by atoms with Crippen LogP contribution in [-0.2, 0) is 10.3 Å². The zero-order valence-corrected chi connectivity index (χ0v) is 12.7. The van der Waals surface area contributed by atoms with E-state index in [1.807, 2.05) is 0 Å². The van der Waals surface area contributed by atoms with Crippen LogP contribution in [0.3, 0.4) is 0 Å². The van der Waals surface area contributed by atoms with Crippen molar-refractivity contribution in [3.63, 3.8) is 0 Å². The summed E-state index contributed by atoms with van der Waals surface area (Å²) < 4.78 is 0. The van der Waals surface area contributed by atoms with Crippen molar-refractivity contribution in [2.45, 2.75) is 56.4 Å². The van der Waals surface area contributed by atoms with Crippen LogP contribution in [0.2, 0.25) is 0 Å². The second-order valence-corrected chi connectivity index (χ2v) is 6.38. The number of amides is 1. The molecular formula is C15H20ClN3O2. The van der Waals surface area contributed by atoms with Crippen molar-refractivity contribution in [3.05, 3.63) is 27.9 Å². The fraction of sp³-hybridized carbons (Fsp3) is 0.667. The smallest absolute Gasteiger partial charge is 0.251 e. The Kier molecular flexibility index (Phi) is 4.02. The zero-order chi connectivity index (χ0) is 14.9. The van der Waals surface area contributed by atoms with Gasteiger partial charge in [-0.15, -0.1) is 11.6 Å². The van der Waals surface area contributed by atoms with Crippen molar-refractivity contribution in [3.8, 4) is 0 Å². The Bertz CT molecular complexity index is 589. The van der Waals surface area contributed by atoms with Gasteiger partial charge in [0.05, 0.1) is 11.2 Å². The molecule has 0 saturated heterocycles. The standard InChI is InChI=1S/C15H20ClN3O2/c16-9-13(21)19-15(6-2-1-3-7-15)14-17-11(10-4-5-10)8-12(20)18-14/h8,10H,1-7,9H2,(H,19,21)(H,17,18,20). The highest BCUT2D eigenvalue weighted by molar-refractivity contribution is 6.27. The molecule has 0 spiro atoms. The Morgan fingerprint density at radius 1 is 1.38 bits per heavy atom. The van der Waals surface area contributed by atoms with Crippen molar-refractivity contribution < 1.29 is 4.79 Å². The molecule has 0 bridgehead atoms. The van der Waals surface area contributed by atoms with Crippen molar-refractivity contribution in [1.82, 2.24) is 15.3 Å². The molecule has 2 saturated carbocycles. The minimum absolute atomic E-state index is 0.0751. The third-order valence-corrected chi connectivity index (χ3v) is 4.66. The van der Waals surface area contributed by atoms with Crippen LogP contribution in [0.15, 0.2) is 10.9 Å². The lowest BCUT2D eigenvalue weighted by molar-refractivity contribution is -0.121. The number of nitrogens with zero attached hydrogens (tertiary/aromatic N) is 1.